The Morgan fingerprint density at radius 2 is 2.00 bits per heavy atom. The van der Waals surface area contributed by atoms with Crippen LogP contribution in [0.3, 0.4) is 0 Å². The lowest BCUT2D eigenvalue weighted by Gasteiger charge is -2.01. The summed E-state index contributed by atoms with van der Waals surface area (Å²) in [5.41, 5.74) is 5.05. The molecule has 1 aromatic rings. The van der Waals surface area contributed by atoms with E-state index in [9.17, 15) is 4.79 Å². The highest BCUT2D eigenvalue weighted by Crippen LogP contribution is 2.19. The van der Waals surface area contributed by atoms with Gasteiger partial charge in [-0.05, 0) is 31.0 Å². The summed E-state index contributed by atoms with van der Waals surface area (Å²) in [5, 5.41) is 0. The summed E-state index contributed by atoms with van der Waals surface area (Å²) < 4.78 is 5.85. The van der Waals surface area contributed by atoms with Crippen LogP contribution in [-0.4, -0.2) is 12.6 Å². The number of carbonyl (C=O) groups is 1. The van der Waals surface area contributed by atoms with Crippen molar-refractivity contribution in [2.24, 2.45) is 0 Å². The summed E-state index contributed by atoms with van der Waals surface area (Å²) in [6.45, 7) is 4.20. The second-order valence-corrected chi connectivity index (χ2v) is 4.30. The number of ether oxygens (including phenoxy) is 1. The molecule has 3 heteroatoms. The third-order valence-corrected chi connectivity index (χ3v) is 2.73. The molecule has 0 bridgehead atoms. The van der Waals surface area contributed by atoms with E-state index < -0.39 is 0 Å². The van der Waals surface area contributed by atoms with E-state index in [4.69, 9.17) is 4.74 Å². The molecule has 0 N–H and O–H groups in total. The van der Waals surface area contributed by atoms with Gasteiger partial charge in [0.2, 0.25) is 0 Å². The van der Waals surface area contributed by atoms with E-state index in [1.165, 1.54) is 6.08 Å². The van der Waals surface area contributed by atoms with E-state index in [0.717, 1.165) is 22.0 Å². The topological polar surface area (TPSA) is 26.3 Å². The molecule has 0 saturated carbocycles. The molecule has 0 amide bonds. The summed E-state index contributed by atoms with van der Waals surface area (Å²) in [7, 11) is 0. The fourth-order valence-electron chi connectivity index (χ4n) is 1.37. The number of rotatable bonds is 4. The molecule has 1 aromatic carbocycles. The number of carbonyl (C=O) groups excluding carboxylic acids is 1. The van der Waals surface area contributed by atoms with Crippen molar-refractivity contribution in [1.82, 2.24) is 0 Å². The zero-order valence-electron chi connectivity index (χ0n) is 10.00. The normalized spacial score (nSPS) is 9.35. The fraction of sp³-hybridized carbons (Fsp3) is 0.286. The van der Waals surface area contributed by atoms with Crippen molar-refractivity contribution in [3.63, 3.8) is 0 Å². The number of hydrogen-bond donors (Lipinski definition) is 0. The minimum atomic E-state index is -0.351. The Morgan fingerprint density at radius 3 is 2.53 bits per heavy atom. The molecule has 0 spiro atoms. The van der Waals surface area contributed by atoms with Crippen molar-refractivity contribution in [2.75, 3.05) is 6.61 Å². The molecule has 0 fully saturated rings. The molecular weight excluding hydrogens is 280 g/mol. The van der Waals surface area contributed by atoms with Crippen LogP contribution < -0.4 is 0 Å². The van der Waals surface area contributed by atoms with Gasteiger partial charge < -0.3 is 4.74 Å². The molecule has 0 atom stereocenters. The highest BCUT2D eigenvalue weighted by Gasteiger charge is 1.99. The predicted octanol–water partition coefficient (Wildman–Crippen LogP) is 3.96. The minimum absolute atomic E-state index is 0.351. The van der Waals surface area contributed by atoms with Crippen molar-refractivity contribution >= 4 is 27.5 Å². The zero-order chi connectivity index (χ0) is 12.7. The summed E-state index contributed by atoms with van der Waals surface area (Å²) in [6, 6.07) is 7.93. The van der Waals surface area contributed by atoms with Crippen LogP contribution in [0.15, 0.2) is 40.5 Å². The lowest BCUT2D eigenvalue weighted by atomic mass is 10.0. The van der Waals surface area contributed by atoms with E-state index >= 15 is 0 Å². The second-order valence-electron chi connectivity index (χ2n) is 3.38. The van der Waals surface area contributed by atoms with E-state index in [1.54, 1.807) is 6.92 Å². The maximum atomic E-state index is 11.2. The van der Waals surface area contributed by atoms with Crippen LogP contribution in [0.4, 0.5) is 0 Å². The van der Waals surface area contributed by atoms with Crippen molar-refractivity contribution in [1.29, 1.82) is 0 Å². The third kappa shape index (κ3) is 4.59. The van der Waals surface area contributed by atoms with Gasteiger partial charge in [-0.2, -0.15) is 0 Å². The highest BCUT2D eigenvalue weighted by atomic mass is 79.9. The lowest BCUT2D eigenvalue weighted by molar-refractivity contribution is -0.137. The van der Waals surface area contributed by atoms with Crippen LogP contribution in [0.1, 0.15) is 25.8 Å². The highest BCUT2D eigenvalue weighted by molar-refractivity contribution is 9.10. The Labute approximate surface area is 110 Å². The maximum Gasteiger partial charge on any atom is 0.338 e. The molecule has 0 aliphatic rings. The number of hydrogen-bond acceptors (Lipinski definition) is 2. The number of halogens is 1. The first-order valence-corrected chi connectivity index (χ1v) is 6.35. The monoisotopic (exact) mass is 294 g/mol. The first-order chi connectivity index (χ1) is 8.17. The summed E-state index contributed by atoms with van der Waals surface area (Å²) in [5.74, 6) is -0.351. The van der Waals surface area contributed by atoms with Gasteiger partial charge in [-0.15, -0.1) is 5.73 Å². The van der Waals surface area contributed by atoms with Crippen molar-refractivity contribution < 1.29 is 9.53 Å². The van der Waals surface area contributed by atoms with Gasteiger partial charge in [0.05, 0.1) is 12.7 Å². The first kappa shape index (κ1) is 13.8. The average Bonchev–Trinajstić information content (AvgIpc) is 2.32. The Balaban J connectivity index is 2.94. The van der Waals surface area contributed by atoms with Gasteiger partial charge in [0.15, 0.2) is 0 Å². The quantitative estimate of drug-likeness (QED) is 0.477. The van der Waals surface area contributed by atoms with Crippen LogP contribution >= 0.6 is 15.9 Å². The van der Waals surface area contributed by atoms with Gasteiger partial charge in [-0.25, -0.2) is 4.79 Å². The van der Waals surface area contributed by atoms with Gasteiger partial charge in [-0.3, -0.25) is 0 Å². The number of benzene rings is 1. The maximum absolute atomic E-state index is 11.2. The fourth-order valence-corrected chi connectivity index (χ4v) is 1.63. The molecule has 0 aliphatic heterocycles. The van der Waals surface area contributed by atoms with Gasteiger partial charge in [-0.1, -0.05) is 35.0 Å². The molecule has 90 valence electrons. The summed E-state index contributed by atoms with van der Waals surface area (Å²) >= 11 is 3.39. The smallest absolute Gasteiger partial charge is 0.338 e. The van der Waals surface area contributed by atoms with Crippen molar-refractivity contribution in [2.45, 2.75) is 20.3 Å². The summed E-state index contributed by atoms with van der Waals surface area (Å²) in [6.07, 6.45) is 2.17. The van der Waals surface area contributed by atoms with Gasteiger partial charge in [0, 0.05) is 10.0 Å². The van der Waals surface area contributed by atoms with Crippen LogP contribution in [-0.2, 0) is 9.53 Å². The lowest BCUT2D eigenvalue weighted by Crippen LogP contribution is -1.98. The SMILES string of the molecule is CCOC(=O)C=C=C(CC)c1ccc(Br)cc1. The van der Waals surface area contributed by atoms with Crippen LogP contribution in [0, 0.1) is 0 Å². The standard InChI is InChI=1S/C14H15BrO2/c1-3-11(7-10-14(16)17-4-2)12-5-8-13(15)9-6-12/h5-6,8-10H,3-4H2,1-2H3. The van der Waals surface area contributed by atoms with E-state index in [1.807, 2.05) is 31.2 Å². The van der Waals surface area contributed by atoms with Crippen molar-refractivity contribution in [3.8, 4) is 0 Å². The Morgan fingerprint density at radius 1 is 1.35 bits per heavy atom. The molecule has 0 aromatic heterocycles. The molecule has 17 heavy (non-hydrogen) atoms. The van der Waals surface area contributed by atoms with Crippen molar-refractivity contribution in [3.05, 3.63) is 46.1 Å². The molecule has 2 nitrogen and oxygen atoms in total. The average molecular weight is 295 g/mol. The molecule has 0 heterocycles. The van der Waals surface area contributed by atoms with Gasteiger partial charge in [0.25, 0.3) is 0 Å². The molecule has 1 rings (SSSR count). The Hall–Kier alpha value is -1.31. The second kappa shape index (κ2) is 7.10. The van der Waals surface area contributed by atoms with E-state index in [0.29, 0.717) is 6.61 Å². The third-order valence-electron chi connectivity index (χ3n) is 2.20. The van der Waals surface area contributed by atoms with E-state index in [2.05, 4.69) is 21.7 Å². The summed E-state index contributed by atoms with van der Waals surface area (Å²) in [4.78, 5) is 11.2. The minimum Gasteiger partial charge on any atom is -0.462 e. The largest absolute Gasteiger partial charge is 0.462 e. The molecule has 0 unspecified atom stereocenters. The zero-order valence-corrected chi connectivity index (χ0v) is 11.6. The van der Waals surface area contributed by atoms with Gasteiger partial charge >= 0.3 is 5.97 Å². The number of esters is 1. The predicted molar refractivity (Wildman–Crippen MR) is 72.6 cm³/mol. The Kier molecular flexibility index (Phi) is 5.75. The van der Waals surface area contributed by atoms with Gasteiger partial charge in [0.1, 0.15) is 0 Å². The van der Waals surface area contributed by atoms with E-state index in [-0.39, 0.29) is 5.97 Å². The molecular formula is C14H15BrO2. The first-order valence-electron chi connectivity index (χ1n) is 5.55. The molecule has 0 saturated heterocycles. The molecule has 0 aliphatic carbocycles. The Bertz CT molecular complexity index is 440. The van der Waals surface area contributed by atoms with Crippen LogP contribution in [0.5, 0.6) is 0 Å². The van der Waals surface area contributed by atoms with Crippen LogP contribution in [0.25, 0.3) is 5.57 Å². The molecule has 0 radical (unpaired) electrons. The van der Waals surface area contributed by atoms with Crippen LogP contribution in [0.2, 0.25) is 0 Å².